The smallest absolute Gasteiger partial charge is 0.241 e. The van der Waals surface area contributed by atoms with Crippen molar-refractivity contribution in [3.05, 3.63) is 29.3 Å². The fraction of sp³-hybridized carbons (Fsp3) is 0.625. The molecule has 1 aromatic rings. The zero-order valence-corrected chi connectivity index (χ0v) is 14.5. The van der Waals surface area contributed by atoms with Crippen molar-refractivity contribution < 1.29 is 8.42 Å². The maximum absolute atomic E-state index is 12.5. The molecule has 0 aliphatic heterocycles. The van der Waals surface area contributed by atoms with E-state index in [1.54, 1.807) is 12.1 Å². The zero-order chi connectivity index (χ0) is 16.0. The van der Waals surface area contributed by atoms with Gasteiger partial charge in [0.1, 0.15) is 0 Å². The molecule has 1 unspecified atom stereocenters. The van der Waals surface area contributed by atoms with Crippen LogP contribution in [0.1, 0.15) is 44.7 Å². The number of sulfonamides is 1. The van der Waals surface area contributed by atoms with Crippen molar-refractivity contribution in [1.29, 1.82) is 0 Å². The summed E-state index contributed by atoms with van der Waals surface area (Å²) in [7, 11) is -1.60. The van der Waals surface area contributed by atoms with Gasteiger partial charge < -0.3 is 5.32 Å². The van der Waals surface area contributed by atoms with Crippen LogP contribution in [0.2, 0.25) is 0 Å². The molecule has 21 heavy (non-hydrogen) atoms. The van der Waals surface area contributed by atoms with Crippen LogP contribution in [0.3, 0.4) is 0 Å². The molecule has 1 aromatic carbocycles. The van der Waals surface area contributed by atoms with Gasteiger partial charge in [0.05, 0.1) is 4.90 Å². The molecule has 1 rings (SSSR count). The third-order valence-electron chi connectivity index (χ3n) is 3.59. The molecule has 0 spiro atoms. The van der Waals surface area contributed by atoms with E-state index in [-0.39, 0.29) is 6.04 Å². The average molecular weight is 312 g/mol. The van der Waals surface area contributed by atoms with Crippen molar-refractivity contribution in [2.45, 2.75) is 58.0 Å². The molecule has 0 heterocycles. The van der Waals surface area contributed by atoms with E-state index in [9.17, 15) is 8.42 Å². The van der Waals surface area contributed by atoms with Gasteiger partial charge in [-0.25, -0.2) is 13.1 Å². The second-order valence-corrected chi connectivity index (χ2v) is 7.75. The molecular weight excluding hydrogens is 284 g/mol. The van der Waals surface area contributed by atoms with Crippen molar-refractivity contribution in [3.63, 3.8) is 0 Å². The maximum atomic E-state index is 12.5. The Hall–Kier alpha value is -0.910. The minimum Gasteiger partial charge on any atom is -0.316 e. The third-order valence-corrected chi connectivity index (χ3v) is 5.32. The Labute approximate surface area is 129 Å². The predicted molar refractivity (Wildman–Crippen MR) is 87.8 cm³/mol. The first-order valence-corrected chi connectivity index (χ1v) is 9.01. The van der Waals surface area contributed by atoms with Gasteiger partial charge in [-0.1, -0.05) is 26.0 Å². The number of benzene rings is 1. The van der Waals surface area contributed by atoms with Gasteiger partial charge in [-0.05, 0) is 56.8 Å². The van der Waals surface area contributed by atoms with Gasteiger partial charge in [-0.2, -0.15) is 0 Å². The number of hydrogen-bond donors (Lipinski definition) is 2. The van der Waals surface area contributed by atoms with Crippen molar-refractivity contribution in [2.75, 3.05) is 7.05 Å². The number of rotatable bonds is 8. The van der Waals surface area contributed by atoms with Crippen LogP contribution >= 0.6 is 0 Å². The van der Waals surface area contributed by atoms with Crippen molar-refractivity contribution in [2.24, 2.45) is 5.92 Å². The van der Waals surface area contributed by atoms with Crippen LogP contribution in [-0.2, 0) is 16.6 Å². The maximum Gasteiger partial charge on any atom is 0.241 e. The van der Waals surface area contributed by atoms with E-state index in [0.717, 1.165) is 24.0 Å². The summed E-state index contributed by atoms with van der Waals surface area (Å²) >= 11 is 0. The summed E-state index contributed by atoms with van der Waals surface area (Å²) in [4.78, 5) is 0.381. The summed E-state index contributed by atoms with van der Waals surface area (Å²) in [6.07, 6.45) is 1.87. The largest absolute Gasteiger partial charge is 0.316 e. The monoisotopic (exact) mass is 312 g/mol. The van der Waals surface area contributed by atoms with Gasteiger partial charge in [0.15, 0.2) is 0 Å². The first kappa shape index (κ1) is 18.1. The molecule has 0 aliphatic carbocycles. The van der Waals surface area contributed by atoms with Gasteiger partial charge in [0.25, 0.3) is 0 Å². The molecule has 4 nitrogen and oxygen atoms in total. The lowest BCUT2D eigenvalue weighted by Gasteiger charge is -2.17. The fourth-order valence-electron chi connectivity index (χ4n) is 2.30. The first-order chi connectivity index (χ1) is 9.77. The third kappa shape index (κ3) is 5.41. The van der Waals surface area contributed by atoms with Crippen LogP contribution in [0.4, 0.5) is 0 Å². The summed E-state index contributed by atoms with van der Waals surface area (Å²) in [5, 5.41) is 3.06. The van der Waals surface area contributed by atoms with Gasteiger partial charge in [0, 0.05) is 12.6 Å². The van der Waals surface area contributed by atoms with E-state index in [0.29, 0.717) is 17.4 Å². The lowest BCUT2D eigenvalue weighted by molar-refractivity contribution is 0.485. The molecule has 120 valence electrons. The van der Waals surface area contributed by atoms with Crippen molar-refractivity contribution in [3.8, 4) is 0 Å². The average Bonchev–Trinajstić information content (AvgIpc) is 2.38. The Morgan fingerprint density at radius 3 is 2.38 bits per heavy atom. The van der Waals surface area contributed by atoms with Crippen molar-refractivity contribution >= 4 is 10.0 Å². The summed E-state index contributed by atoms with van der Waals surface area (Å²) in [5.74, 6) is 0.581. The molecule has 1 atom stereocenters. The summed E-state index contributed by atoms with van der Waals surface area (Å²) in [6, 6.07) is 5.37. The van der Waals surface area contributed by atoms with Crippen LogP contribution in [-0.4, -0.2) is 21.5 Å². The van der Waals surface area contributed by atoms with E-state index >= 15 is 0 Å². The molecule has 0 aromatic heterocycles. The summed E-state index contributed by atoms with van der Waals surface area (Å²) < 4.78 is 27.9. The van der Waals surface area contributed by atoms with Gasteiger partial charge in [-0.15, -0.1) is 0 Å². The van der Waals surface area contributed by atoms with Crippen LogP contribution in [0.15, 0.2) is 23.1 Å². The van der Waals surface area contributed by atoms with E-state index in [1.807, 2.05) is 27.0 Å². The Morgan fingerprint density at radius 1 is 1.14 bits per heavy atom. The van der Waals surface area contributed by atoms with E-state index in [2.05, 4.69) is 23.9 Å². The predicted octanol–water partition coefficient (Wildman–Crippen LogP) is 2.82. The molecule has 0 bridgehead atoms. The SMILES string of the molecule is CNCc1cccc(S(=O)(=O)NC(C)CCC(C)C)c1C. The minimum atomic E-state index is -3.46. The Kier molecular flexibility index (Phi) is 6.84. The van der Waals surface area contributed by atoms with Crippen LogP contribution in [0.5, 0.6) is 0 Å². The lowest BCUT2D eigenvalue weighted by atomic mass is 10.1. The van der Waals surface area contributed by atoms with Crippen LogP contribution in [0.25, 0.3) is 0 Å². The molecular formula is C16H28N2O2S. The van der Waals surface area contributed by atoms with Gasteiger partial charge in [-0.3, -0.25) is 0 Å². The second-order valence-electron chi connectivity index (χ2n) is 6.06. The fourth-order valence-corrected chi connectivity index (χ4v) is 3.87. The summed E-state index contributed by atoms with van der Waals surface area (Å²) in [6.45, 7) is 8.74. The highest BCUT2D eigenvalue weighted by molar-refractivity contribution is 7.89. The second kappa shape index (κ2) is 7.92. The molecule has 0 fully saturated rings. The number of hydrogen-bond acceptors (Lipinski definition) is 3. The topological polar surface area (TPSA) is 58.2 Å². The molecule has 2 N–H and O–H groups in total. The zero-order valence-electron chi connectivity index (χ0n) is 13.7. The number of nitrogens with one attached hydrogen (secondary N) is 2. The van der Waals surface area contributed by atoms with Crippen LogP contribution in [0, 0.1) is 12.8 Å². The Morgan fingerprint density at radius 2 is 1.81 bits per heavy atom. The first-order valence-electron chi connectivity index (χ1n) is 7.53. The van der Waals surface area contributed by atoms with E-state index < -0.39 is 10.0 Å². The van der Waals surface area contributed by atoms with Gasteiger partial charge >= 0.3 is 0 Å². The van der Waals surface area contributed by atoms with E-state index in [4.69, 9.17) is 0 Å². The Bertz CT molecular complexity index is 553. The normalized spacial score (nSPS) is 13.6. The molecule has 0 saturated heterocycles. The van der Waals surface area contributed by atoms with Crippen LogP contribution < -0.4 is 10.0 Å². The Balaban J connectivity index is 2.90. The highest BCUT2D eigenvalue weighted by atomic mass is 32.2. The standard InChI is InChI=1S/C16H28N2O2S/c1-12(2)9-10-13(3)18-21(19,20)16-8-6-7-15(11-17-5)14(16)4/h6-8,12-13,17-18H,9-11H2,1-5H3. The van der Waals surface area contributed by atoms with E-state index in [1.165, 1.54) is 0 Å². The molecule has 0 saturated carbocycles. The highest BCUT2D eigenvalue weighted by Crippen LogP contribution is 2.19. The van der Waals surface area contributed by atoms with Gasteiger partial charge in [0.2, 0.25) is 10.0 Å². The molecule has 0 radical (unpaired) electrons. The summed E-state index contributed by atoms with van der Waals surface area (Å²) in [5.41, 5.74) is 1.82. The molecule has 0 aliphatic rings. The van der Waals surface area contributed by atoms with Crippen molar-refractivity contribution in [1.82, 2.24) is 10.0 Å². The minimum absolute atomic E-state index is 0.0512. The molecule has 5 heteroatoms. The lowest BCUT2D eigenvalue weighted by Crippen LogP contribution is -2.33. The highest BCUT2D eigenvalue weighted by Gasteiger charge is 2.20. The quantitative estimate of drug-likeness (QED) is 0.776. The molecule has 0 amide bonds.